The Balaban J connectivity index is 1.55. The Labute approximate surface area is 191 Å². The Morgan fingerprint density at radius 2 is 2.10 bits per heavy atom. The average molecular weight is 469 g/mol. The van der Waals surface area contributed by atoms with E-state index in [2.05, 4.69) is 15.2 Å². The van der Waals surface area contributed by atoms with Gasteiger partial charge in [-0.3, -0.25) is 14.7 Å². The molecule has 31 heavy (non-hydrogen) atoms. The second-order valence-corrected chi connectivity index (χ2v) is 8.05. The number of benzene rings is 1. The van der Waals surface area contributed by atoms with Crippen molar-refractivity contribution < 1.29 is 19.0 Å². The van der Waals surface area contributed by atoms with E-state index in [1.807, 2.05) is 0 Å². The number of nitrogens with zero attached hydrogens (tertiary/aromatic N) is 2. The number of hydrogen-bond donors (Lipinski definition) is 2. The lowest BCUT2D eigenvalue weighted by molar-refractivity contribution is 0.00321. The van der Waals surface area contributed by atoms with Crippen molar-refractivity contribution in [1.82, 2.24) is 15.2 Å². The number of anilines is 1. The van der Waals surface area contributed by atoms with Crippen LogP contribution in [0.15, 0.2) is 30.6 Å². The van der Waals surface area contributed by atoms with Gasteiger partial charge in [0, 0.05) is 45.1 Å². The number of nitrogens with one attached hydrogen (secondary N) is 1. The molecule has 3 rings (SSSR count). The van der Waals surface area contributed by atoms with Gasteiger partial charge in [-0.2, -0.15) is 0 Å². The second-order valence-electron chi connectivity index (χ2n) is 7.20. The van der Waals surface area contributed by atoms with Crippen LogP contribution in [0.2, 0.25) is 10.0 Å². The molecule has 0 aliphatic carbocycles. The first kappa shape index (κ1) is 23.4. The minimum absolute atomic E-state index is 0.146. The molecular weight excluding hydrogens is 443 g/mol. The van der Waals surface area contributed by atoms with E-state index >= 15 is 0 Å². The molecule has 1 aliphatic rings. The highest BCUT2D eigenvalue weighted by atomic mass is 35.5. The van der Waals surface area contributed by atoms with E-state index in [1.54, 1.807) is 31.6 Å². The molecule has 1 fully saturated rings. The highest BCUT2D eigenvalue weighted by Gasteiger charge is 2.31. The predicted molar refractivity (Wildman–Crippen MR) is 120 cm³/mol. The Morgan fingerprint density at radius 1 is 1.29 bits per heavy atom. The van der Waals surface area contributed by atoms with Gasteiger partial charge in [-0.1, -0.05) is 23.2 Å². The van der Waals surface area contributed by atoms with Crippen LogP contribution in [0.1, 0.15) is 16.8 Å². The minimum atomic E-state index is -0.281. The van der Waals surface area contributed by atoms with Gasteiger partial charge in [-0.25, -0.2) is 0 Å². The average Bonchev–Trinajstić information content (AvgIpc) is 2.76. The molecule has 0 bridgehead atoms. The molecule has 0 radical (unpaired) electrons. The number of halogens is 2. The number of nitrogens with two attached hydrogens (primary N) is 1. The van der Waals surface area contributed by atoms with E-state index in [0.717, 1.165) is 13.0 Å². The van der Waals surface area contributed by atoms with E-state index in [4.69, 9.17) is 43.1 Å². The normalized spacial score (nSPS) is 19.1. The molecular formula is C21H26Cl2N4O4. The summed E-state index contributed by atoms with van der Waals surface area (Å²) in [5.41, 5.74) is 6.49. The molecule has 1 amide bonds. The molecule has 1 aliphatic heterocycles. The lowest BCUT2D eigenvalue weighted by Crippen LogP contribution is -2.55. The lowest BCUT2D eigenvalue weighted by Gasteiger charge is -2.38. The smallest absolute Gasteiger partial charge is 0.255 e. The number of aromatic nitrogens is 1. The van der Waals surface area contributed by atoms with Crippen molar-refractivity contribution in [1.29, 1.82) is 0 Å². The maximum absolute atomic E-state index is 12.9. The highest BCUT2D eigenvalue weighted by Crippen LogP contribution is 2.29. The van der Waals surface area contributed by atoms with E-state index in [1.165, 1.54) is 13.2 Å². The quantitative estimate of drug-likeness (QED) is 0.574. The molecule has 10 heteroatoms. The number of hydrogen-bond acceptors (Lipinski definition) is 7. The number of amides is 1. The van der Waals surface area contributed by atoms with Crippen LogP contribution in [0.5, 0.6) is 11.5 Å². The van der Waals surface area contributed by atoms with Crippen molar-refractivity contribution in [2.45, 2.75) is 18.6 Å². The Bertz CT molecular complexity index is 915. The summed E-state index contributed by atoms with van der Waals surface area (Å²) >= 11 is 12.0. The Hall–Kier alpha value is -2.26. The fraction of sp³-hybridized carbons (Fsp3) is 0.429. The standard InChI is InChI=1S/C21H26Cl2N4O4/c1-29-19-9-17(24)16(23)8-15(19)21(28)26-18-3-4-27(12-20(18)30-2)5-6-31-14-7-13(22)10-25-11-14/h7-11,18,20H,3-6,12,24H2,1-2H3,(H,26,28). The third-order valence-corrected chi connectivity index (χ3v) is 5.72. The number of pyridine rings is 1. The van der Waals surface area contributed by atoms with Crippen LogP contribution in [0.4, 0.5) is 5.69 Å². The van der Waals surface area contributed by atoms with E-state index in [-0.39, 0.29) is 18.1 Å². The first-order valence-electron chi connectivity index (χ1n) is 9.83. The summed E-state index contributed by atoms with van der Waals surface area (Å²) in [7, 11) is 3.12. The van der Waals surface area contributed by atoms with Crippen LogP contribution in [0, 0.1) is 0 Å². The molecule has 3 N–H and O–H groups in total. The van der Waals surface area contributed by atoms with E-state index in [9.17, 15) is 4.79 Å². The van der Waals surface area contributed by atoms with Gasteiger partial charge in [0.25, 0.3) is 5.91 Å². The van der Waals surface area contributed by atoms with Crippen LogP contribution < -0.4 is 20.5 Å². The van der Waals surface area contributed by atoms with Crippen molar-refractivity contribution >= 4 is 34.8 Å². The van der Waals surface area contributed by atoms with Crippen molar-refractivity contribution in [3.05, 3.63) is 46.2 Å². The molecule has 1 aromatic carbocycles. The molecule has 168 valence electrons. The summed E-state index contributed by atoms with van der Waals surface area (Å²) in [6.45, 7) is 2.67. The zero-order valence-electron chi connectivity index (χ0n) is 17.4. The summed E-state index contributed by atoms with van der Waals surface area (Å²) in [5, 5.41) is 3.88. The maximum Gasteiger partial charge on any atom is 0.255 e. The van der Waals surface area contributed by atoms with Crippen molar-refractivity contribution in [2.75, 3.05) is 46.2 Å². The summed E-state index contributed by atoms with van der Waals surface area (Å²) in [6.07, 6.45) is 3.75. The van der Waals surface area contributed by atoms with Gasteiger partial charge in [0.05, 0.1) is 46.7 Å². The monoisotopic (exact) mass is 468 g/mol. The molecule has 1 saturated heterocycles. The summed E-state index contributed by atoms with van der Waals surface area (Å²) in [6, 6.07) is 4.65. The van der Waals surface area contributed by atoms with Gasteiger partial charge < -0.3 is 25.3 Å². The van der Waals surface area contributed by atoms with Crippen LogP contribution in [0.25, 0.3) is 0 Å². The van der Waals surface area contributed by atoms with Crippen LogP contribution in [-0.2, 0) is 4.74 Å². The fourth-order valence-corrected chi connectivity index (χ4v) is 3.84. The fourth-order valence-electron chi connectivity index (χ4n) is 3.51. The first-order valence-corrected chi connectivity index (χ1v) is 10.6. The van der Waals surface area contributed by atoms with Crippen LogP contribution in [0.3, 0.4) is 0 Å². The third-order valence-electron chi connectivity index (χ3n) is 5.18. The van der Waals surface area contributed by atoms with Gasteiger partial charge >= 0.3 is 0 Å². The number of rotatable bonds is 8. The molecule has 0 spiro atoms. The van der Waals surface area contributed by atoms with E-state index < -0.39 is 0 Å². The number of nitrogen functional groups attached to an aromatic ring is 1. The van der Waals surface area contributed by atoms with Gasteiger partial charge in [0.15, 0.2) is 0 Å². The summed E-state index contributed by atoms with van der Waals surface area (Å²) in [5.74, 6) is 0.726. The molecule has 2 unspecified atom stereocenters. The Kier molecular flexibility index (Phi) is 8.20. The SMILES string of the molecule is COc1cc(N)c(Cl)cc1C(=O)NC1CCN(CCOc2cncc(Cl)c2)CC1OC. The zero-order valence-corrected chi connectivity index (χ0v) is 18.9. The second kappa shape index (κ2) is 10.9. The largest absolute Gasteiger partial charge is 0.496 e. The molecule has 2 atom stereocenters. The topological polar surface area (TPSA) is 98.9 Å². The van der Waals surface area contributed by atoms with Gasteiger partial charge in [-0.15, -0.1) is 0 Å². The molecule has 2 heterocycles. The summed E-state index contributed by atoms with van der Waals surface area (Å²) < 4.78 is 16.7. The first-order chi connectivity index (χ1) is 14.9. The van der Waals surface area contributed by atoms with Crippen molar-refractivity contribution in [3.8, 4) is 11.5 Å². The van der Waals surface area contributed by atoms with Crippen molar-refractivity contribution in [3.63, 3.8) is 0 Å². The van der Waals surface area contributed by atoms with Crippen LogP contribution in [-0.4, -0.2) is 68.4 Å². The number of likely N-dealkylation sites (tertiary alicyclic amines) is 1. The number of carbonyl (C=O) groups is 1. The third kappa shape index (κ3) is 6.13. The number of methoxy groups -OCH3 is 2. The maximum atomic E-state index is 12.9. The van der Waals surface area contributed by atoms with Gasteiger partial charge in [0.2, 0.25) is 0 Å². The Morgan fingerprint density at radius 3 is 2.81 bits per heavy atom. The molecule has 2 aromatic rings. The van der Waals surface area contributed by atoms with Gasteiger partial charge in [0.1, 0.15) is 18.1 Å². The number of piperidine rings is 1. The van der Waals surface area contributed by atoms with Gasteiger partial charge in [-0.05, 0) is 12.5 Å². The summed E-state index contributed by atoms with van der Waals surface area (Å²) in [4.78, 5) is 19.1. The van der Waals surface area contributed by atoms with Crippen LogP contribution >= 0.6 is 23.2 Å². The molecule has 1 aromatic heterocycles. The zero-order chi connectivity index (χ0) is 22.4. The lowest BCUT2D eigenvalue weighted by atomic mass is 10.0. The van der Waals surface area contributed by atoms with Crippen molar-refractivity contribution in [2.24, 2.45) is 0 Å². The molecule has 8 nitrogen and oxygen atoms in total. The number of carbonyl (C=O) groups excluding carboxylic acids is 1. The highest BCUT2D eigenvalue weighted by molar-refractivity contribution is 6.33. The minimum Gasteiger partial charge on any atom is -0.496 e. The van der Waals surface area contributed by atoms with E-state index in [0.29, 0.717) is 52.5 Å². The molecule has 0 saturated carbocycles. The predicted octanol–water partition coefficient (Wildman–Crippen LogP) is 2.88. The number of ether oxygens (including phenoxy) is 3.